The first-order chi connectivity index (χ1) is 8.97. The van der Waals surface area contributed by atoms with Crippen LogP contribution in [0.15, 0.2) is 34.8 Å². The van der Waals surface area contributed by atoms with E-state index in [4.69, 9.17) is 5.11 Å². The fourth-order valence-electron chi connectivity index (χ4n) is 1.69. The zero-order chi connectivity index (χ0) is 14.0. The number of hydrogen-bond donors (Lipinski definition) is 1. The smallest absolute Gasteiger partial charge is 0.313 e. The number of carbonyl (C=O) groups is 1. The summed E-state index contributed by atoms with van der Waals surface area (Å²) < 4.78 is 0.953. The summed E-state index contributed by atoms with van der Waals surface area (Å²) in [6, 6.07) is 9.56. The average molecular weight is 321 g/mol. The van der Waals surface area contributed by atoms with Crippen LogP contribution in [0.2, 0.25) is 0 Å². The molecule has 19 heavy (non-hydrogen) atoms. The van der Waals surface area contributed by atoms with Crippen LogP contribution in [0.3, 0.4) is 0 Å². The third kappa shape index (κ3) is 3.17. The van der Waals surface area contributed by atoms with Crippen molar-refractivity contribution in [2.45, 2.75) is 19.8 Å². The second kappa shape index (κ2) is 5.48. The summed E-state index contributed by atoms with van der Waals surface area (Å²) in [6.45, 7) is 3.42. The van der Waals surface area contributed by atoms with Gasteiger partial charge in [-0.15, -0.1) is 0 Å². The van der Waals surface area contributed by atoms with Crippen LogP contribution in [-0.4, -0.2) is 21.0 Å². The lowest BCUT2D eigenvalue weighted by atomic mass is 10.1. The topological polar surface area (TPSA) is 63.1 Å². The maximum atomic E-state index is 11.0. The number of carboxylic acids is 1. The van der Waals surface area contributed by atoms with E-state index in [1.807, 2.05) is 37.3 Å². The number of nitrogens with zero attached hydrogens (tertiary/aromatic N) is 2. The first-order valence-electron chi connectivity index (χ1n) is 5.81. The molecule has 0 spiro atoms. The van der Waals surface area contributed by atoms with Crippen LogP contribution in [0.25, 0.3) is 11.3 Å². The third-order valence-corrected chi connectivity index (χ3v) is 3.24. The number of benzene rings is 1. The SMILES string of the molecule is Cc1cc(-c2cccc(Br)c2)nc(C(C)C(=O)O)n1. The van der Waals surface area contributed by atoms with Gasteiger partial charge in [-0.25, -0.2) is 9.97 Å². The van der Waals surface area contributed by atoms with Gasteiger partial charge in [-0.2, -0.15) is 0 Å². The number of aryl methyl sites for hydroxylation is 1. The van der Waals surface area contributed by atoms with E-state index in [0.29, 0.717) is 5.82 Å². The molecule has 0 aliphatic rings. The first-order valence-corrected chi connectivity index (χ1v) is 6.61. The summed E-state index contributed by atoms with van der Waals surface area (Å²) in [7, 11) is 0. The van der Waals surface area contributed by atoms with Crippen LogP contribution < -0.4 is 0 Å². The van der Waals surface area contributed by atoms with Crippen molar-refractivity contribution in [3.8, 4) is 11.3 Å². The zero-order valence-corrected chi connectivity index (χ0v) is 12.2. The predicted molar refractivity (Wildman–Crippen MR) is 76.0 cm³/mol. The Labute approximate surface area is 119 Å². The Hall–Kier alpha value is -1.75. The van der Waals surface area contributed by atoms with Gasteiger partial charge in [0, 0.05) is 15.7 Å². The summed E-state index contributed by atoms with van der Waals surface area (Å²) in [5, 5.41) is 9.04. The van der Waals surface area contributed by atoms with E-state index >= 15 is 0 Å². The van der Waals surface area contributed by atoms with E-state index in [-0.39, 0.29) is 0 Å². The molecule has 1 unspecified atom stereocenters. The minimum Gasteiger partial charge on any atom is -0.481 e. The fraction of sp³-hybridized carbons (Fsp3) is 0.214. The second-order valence-electron chi connectivity index (χ2n) is 4.32. The average Bonchev–Trinajstić information content (AvgIpc) is 2.37. The Morgan fingerprint density at radius 1 is 1.32 bits per heavy atom. The van der Waals surface area contributed by atoms with E-state index < -0.39 is 11.9 Å². The third-order valence-electron chi connectivity index (χ3n) is 2.75. The number of carboxylic acid groups (broad SMARTS) is 1. The normalized spacial score (nSPS) is 12.2. The molecular formula is C14H13BrN2O2. The molecule has 0 fully saturated rings. The molecule has 1 atom stereocenters. The standard InChI is InChI=1S/C14H13BrN2O2/c1-8-6-12(10-4-3-5-11(15)7-10)17-13(16-8)9(2)14(18)19/h3-7,9H,1-2H3,(H,18,19). The Kier molecular flexibility index (Phi) is 3.95. The van der Waals surface area contributed by atoms with Crippen LogP contribution in [0, 0.1) is 6.92 Å². The van der Waals surface area contributed by atoms with Gasteiger partial charge in [0.05, 0.1) is 5.69 Å². The minimum atomic E-state index is -0.925. The highest BCUT2D eigenvalue weighted by Crippen LogP contribution is 2.23. The monoisotopic (exact) mass is 320 g/mol. The molecule has 0 radical (unpaired) electrons. The molecule has 1 aromatic carbocycles. The van der Waals surface area contributed by atoms with Gasteiger partial charge in [-0.3, -0.25) is 4.79 Å². The highest BCUT2D eigenvalue weighted by atomic mass is 79.9. The second-order valence-corrected chi connectivity index (χ2v) is 5.24. The molecular weight excluding hydrogens is 308 g/mol. The summed E-state index contributed by atoms with van der Waals surface area (Å²) in [6.07, 6.45) is 0. The molecule has 0 bridgehead atoms. The van der Waals surface area contributed by atoms with Crippen molar-refractivity contribution in [2.24, 2.45) is 0 Å². The molecule has 1 aromatic heterocycles. The largest absolute Gasteiger partial charge is 0.481 e. The van der Waals surface area contributed by atoms with Crippen molar-refractivity contribution < 1.29 is 9.90 Å². The molecule has 1 N–H and O–H groups in total. The Balaban J connectivity index is 2.50. The van der Waals surface area contributed by atoms with Crippen LogP contribution in [-0.2, 0) is 4.79 Å². The van der Waals surface area contributed by atoms with Crippen LogP contribution >= 0.6 is 15.9 Å². The van der Waals surface area contributed by atoms with Crippen LogP contribution in [0.5, 0.6) is 0 Å². The molecule has 0 aliphatic carbocycles. The molecule has 0 amide bonds. The number of aromatic nitrogens is 2. The number of rotatable bonds is 3. The number of hydrogen-bond acceptors (Lipinski definition) is 3. The van der Waals surface area contributed by atoms with Crippen molar-refractivity contribution in [3.05, 3.63) is 46.3 Å². The van der Waals surface area contributed by atoms with E-state index in [2.05, 4.69) is 25.9 Å². The number of halogens is 1. The maximum absolute atomic E-state index is 11.0. The molecule has 1 heterocycles. The van der Waals surface area contributed by atoms with Gasteiger partial charge in [-0.05, 0) is 32.0 Å². The van der Waals surface area contributed by atoms with Crippen LogP contribution in [0.4, 0.5) is 0 Å². The zero-order valence-electron chi connectivity index (χ0n) is 10.6. The van der Waals surface area contributed by atoms with Gasteiger partial charge in [0.25, 0.3) is 0 Å². The summed E-state index contributed by atoms with van der Waals surface area (Å²) >= 11 is 3.41. The van der Waals surface area contributed by atoms with Gasteiger partial charge >= 0.3 is 5.97 Å². The van der Waals surface area contributed by atoms with E-state index in [0.717, 1.165) is 21.4 Å². The fourth-order valence-corrected chi connectivity index (χ4v) is 2.09. The minimum absolute atomic E-state index is 0.336. The lowest BCUT2D eigenvalue weighted by Gasteiger charge is -2.09. The lowest BCUT2D eigenvalue weighted by Crippen LogP contribution is -2.12. The Bertz CT molecular complexity index is 629. The quantitative estimate of drug-likeness (QED) is 0.941. The van der Waals surface area contributed by atoms with Gasteiger partial charge in [-0.1, -0.05) is 28.1 Å². The highest BCUT2D eigenvalue weighted by molar-refractivity contribution is 9.10. The molecule has 2 aromatic rings. The maximum Gasteiger partial charge on any atom is 0.313 e. The van der Waals surface area contributed by atoms with Crippen molar-refractivity contribution in [1.29, 1.82) is 0 Å². The molecule has 98 valence electrons. The Morgan fingerprint density at radius 3 is 2.68 bits per heavy atom. The van der Waals surface area contributed by atoms with Crippen LogP contribution in [0.1, 0.15) is 24.4 Å². The summed E-state index contributed by atoms with van der Waals surface area (Å²) in [5.74, 6) is -1.31. The van der Waals surface area contributed by atoms with Crippen molar-refractivity contribution in [3.63, 3.8) is 0 Å². The van der Waals surface area contributed by atoms with Gasteiger partial charge in [0.15, 0.2) is 0 Å². The summed E-state index contributed by atoms with van der Waals surface area (Å²) in [5.41, 5.74) is 2.42. The van der Waals surface area contributed by atoms with E-state index in [9.17, 15) is 4.79 Å². The van der Waals surface area contributed by atoms with E-state index in [1.165, 1.54) is 0 Å². The molecule has 4 nitrogen and oxygen atoms in total. The predicted octanol–water partition coefficient (Wildman–Crippen LogP) is 3.40. The van der Waals surface area contributed by atoms with E-state index in [1.54, 1.807) is 6.92 Å². The molecule has 0 saturated heterocycles. The molecule has 2 rings (SSSR count). The number of aliphatic carboxylic acids is 1. The van der Waals surface area contributed by atoms with Gasteiger partial charge < -0.3 is 5.11 Å². The Morgan fingerprint density at radius 2 is 2.05 bits per heavy atom. The van der Waals surface area contributed by atoms with Crippen molar-refractivity contribution in [2.75, 3.05) is 0 Å². The summed E-state index contributed by atoms with van der Waals surface area (Å²) in [4.78, 5) is 19.6. The molecule has 0 aliphatic heterocycles. The highest BCUT2D eigenvalue weighted by Gasteiger charge is 2.18. The van der Waals surface area contributed by atoms with Crippen molar-refractivity contribution >= 4 is 21.9 Å². The lowest BCUT2D eigenvalue weighted by molar-refractivity contribution is -0.138. The molecule has 5 heteroatoms. The van der Waals surface area contributed by atoms with Gasteiger partial charge in [0.1, 0.15) is 11.7 Å². The molecule has 0 saturated carbocycles. The van der Waals surface area contributed by atoms with Crippen molar-refractivity contribution in [1.82, 2.24) is 9.97 Å². The first kappa shape index (κ1) is 13.7. The van der Waals surface area contributed by atoms with Gasteiger partial charge in [0.2, 0.25) is 0 Å².